The average molecular weight is 290 g/mol. The highest BCUT2D eigenvalue weighted by atomic mass is 32.2. The fraction of sp³-hybridized carbons (Fsp3) is 0.867. The summed E-state index contributed by atoms with van der Waals surface area (Å²) in [7, 11) is -3.79. The number of allylic oxidation sites excluding steroid dienone is 2. The Hall–Kier alpha value is -0.350. The van der Waals surface area contributed by atoms with Crippen molar-refractivity contribution in [1.82, 2.24) is 0 Å². The molecule has 0 radical (unpaired) electrons. The van der Waals surface area contributed by atoms with Gasteiger partial charge in [0.15, 0.2) is 0 Å². The fourth-order valence-electron chi connectivity index (χ4n) is 2.03. The predicted octanol–water partition coefficient (Wildman–Crippen LogP) is 4.74. The summed E-state index contributed by atoms with van der Waals surface area (Å²) in [6.07, 6.45) is 17.2. The van der Waals surface area contributed by atoms with E-state index < -0.39 is 10.1 Å². The standard InChI is InChI=1S/C15H30O3S/c1-2-3-4-5-6-7-8-9-10-11-12-13-14-15-19(16,17)18/h12-13H,2-11,14-15H2,1H3,(H,16,17,18). The fourth-order valence-corrected chi connectivity index (χ4v) is 2.46. The molecule has 0 atom stereocenters. The maximum absolute atomic E-state index is 10.5. The second-order valence-corrected chi connectivity index (χ2v) is 6.74. The normalized spacial score (nSPS) is 12.3. The minimum atomic E-state index is -3.79. The van der Waals surface area contributed by atoms with E-state index in [1.807, 2.05) is 12.2 Å². The molecule has 4 heteroatoms. The molecule has 0 saturated heterocycles. The molecule has 0 aromatic rings. The van der Waals surface area contributed by atoms with Crippen LogP contribution >= 0.6 is 0 Å². The molecule has 0 heterocycles. The lowest BCUT2D eigenvalue weighted by atomic mass is 10.1. The van der Waals surface area contributed by atoms with Crippen molar-refractivity contribution in [2.45, 2.75) is 77.6 Å². The van der Waals surface area contributed by atoms with Crippen LogP contribution in [0.4, 0.5) is 0 Å². The highest BCUT2D eigenvalue weighted by Gasteiger charge is 2.00. The second kappa shape index (κ2) is 12.7. The molecule has 0 saturated carbocycles. The van der Waals surface area contributed by atoms with Crippen molar-refractivity contribution in [3.63, 3.8) is 0 Å². The molecular weight excluding hydrogens is 260 g/mol. The van der Waals surface area contributed by atoms with Crippen LogP contribution < -0.4 is 0 Å². The van der Waals surface area contributed by atoms with Crippen LogP contribution in [-0.4, -0.2) is 18.7 Å². The van der Waals surface area contributed by atoms with E-state index in [2.05, 4.69) is 6.92 Å². The van der Waals surface area contributed by atoms with E-state index in [1.54, 1.807) is 0 Å². The first-order chi connectivity index (χ1) is 9.06. The summed E-state index contributed by atoms with van der Waals surface area (Å²) < 4.78 is 29.4. The Kier molecular flexibility index (Phi) is 12.4. The Labute approximate surface area is 119 Å². The molecule has 0 rings (SSSR count). The van der Waals surface area contributed by atoms with Crippen LogP contribution in [0.5, 0.6) is 0 Å². The molecule has 3 nitrogen and oxygen atoms in total. The molecule has 0 aliphatic rings. The number of unbranched alkanes of at least 4 members (excludes halogenated alkanes) is 9. The largest absolute Gasteiger partial charge is 0.286 e. The Balaban J connectivity index is 3.16. The molecule has 0 aliphatic carbocycles. The zero-order valence-electron chi connectivity index (χ0n) is 12.3. The number of rotatable bonds is 13. The smallest absolute Gasteiger partial charge is 0.265 e. The molecule has 0 spiro atoms. The van der Waals surface area contributed by atoms with Gasteiger partial charge in [-0.05, 0) is 19.3 Å². The summed E-state index contributed by atoms with van der Waals surface area (Å²) in [5.41, 5.74) is 0. The van der Waals surface area contributed by atoms with Crippen LogP contribution in [0.1, 0.15) is 77.6 Å². The molecule has 0 aromatic carbocycles. The Bertz CT molecular complexity index is 307. The summed E-state index contributed by atoms with van der Waals surface area (Å²) in [6, 6.07) is 0. The van der Waals surface area contributed by atoms with Crippen molar-refractivity contribution >= 4 is 10.1 Å². The molecule has 1 N–H and O–H groups in total. The van der Waals surface area contributed by atoms with Gasteiger partial charge in [-0.2, -0.15) is 8.42 Å². The van der Waals surface area contributed by atoms with Crippen LogP contribution in [0, 0.1) is 0 Å². The third-order valence-electron chi connectivity index (χ3n) is 3.18. The van der Waals surface area contributed by atoms with E-state index in [4.69, 9.17) is 4.55 Å². The molecule has 114 valence electrons. The van der Waals surface area contributed by atoms with E-state index in [0.717, 1.165) is 6.42 Å². The van der Waals surface area contributed by atoms with Crippen LogP contribution in [-0.2, 0) is 10.1 Å². The summed E-state index contributed by atoms with van der Waals surface area (Å²) in [5, 5.41) is 0. The van der Waals surface area contributed by atoms with Crippen molar-refractivity contribution < 1.29 is 13.0 Å². The summed E-state index contributed by atoms with van der Waals surface area (Å²) in [6.45, 7) is 2.24. The maximum Gasteiger partial charge on any atom is 0.265 e. The Morgan fingerprint density at radius 1 is 0.789 bits per heavy atom. The van der Waals surface area contributed by atoms with Gasteiger partial charge in [-0.25, -0.2) is 0 Å². The van der Waals surface area contributed by atoms with Gasteiger partial charge in [0.1, 0.15) is 0 Å². The van der Waals surface area contributed by atoms with Gasteiger partial charge in [-0.1, -0.05) is 70.4 Å². The van der Waals surface area contributed by atoms with Crippen molar-refractivity contribution in [1.29, 1.82) is 0 Å². The molecule has 0 amide bonds. The highest BCUT2D eigenvalue weighted by molar-refractivity contribution is 7.85. The highest BCUT2D eigenvalue weighted by Crippen LogP contribution is 2.10. The molecule has 0 fully saturated rings. The monoisotopic (exact) mass is 290 g/mol. The van der Waals surface area contributed by atoms with Gasteiger partial charge in [-0.15, -0.1) is 0 Å². The van der Waals surface area contributed by atoms with Gasteiger partial charge in [-0.3, -0.25) is 4.55 Å². The van der Waals surface area contributed by atoms with Crippen molar-refractivity contribution in [2.24, 2.45) is 0 Å². The lowest BCUT2D eigenvalue weighted by molar-refractivity contribution is 0.483. The topological polar surface area (TPSA) is 54.4 Å². The third-order valence-corrected chi connectivity index (χ3v) is 3.94. The van der Waals surface area contributed by atoms with Crippen LogP contribution in [0.2, 0.25) is 0 Å². The van der Waals surface area contributed by atoms with E-state index in [1.165, 1.54) is 57.8 Å². The maximum atomic E-state index is 10.5. The first-order valence-corrected chi connectivity index (χ1v) is 9.27. The van der Waals surface area contributed by atoms with Crippen LogP contribution in [0.25, 0.3) is 0 Å². The van der Waals surface area contributed by atoms with Gasteiger partial charge >= 0.3 is 0 Å². The molecule has 19 heavy (non-hydrogen) atoms. The number of hydrogen-bond acceptors (Lipinski definition) is 2. The van der Waals surface area contributed by atoms with E-state index in [0.29, 0.717) is 6.42 Å². The van der Waals surface area contributed by atoms with Crippen LogP contribution in [0.15, 0.2) is 12.2 Å². The van der Waals surface area contributed by atoms with Gasteiger partial charge in [0, 0.05) is 0 Å². The molecule has 0 aliphatic heterocycles. The third kappa shape index (κ3) is 17.6. The van der Waals surface area contributed by atoms with E-state index >= 15 is 0 Å². The average Bonchev–Trinajstić information content (AvgIpc) is 2.34. The molecule has 0 aromatic heterocycles. The lowest BCUT2D eigenvalue weighted by Gasteiger charge is -2.00. The quantitative estimate of drug-likeness (QED) is 0.303. The molecule has 0 unspecified atom stereocenters. The summed E-state index contributed by atoms with van der Waals surface area (Å²) in [4.78, 5) is 0. The lowest BCUT2D eigenvalue weighted by Crippen LogP contribution is -2.01. The Morgan fingerprint density at radius 2 is 1.26 bits per heavy atom. The Morgan fingerprint density at radius 3 is 1.79 bits per heavy atom. The molecular formula is C15H30O3S. The second-order valence-electron chi connectivity index (χ2n) is 5.16. The first-order valence-electron chi connectivity index (χ1n) is 7.66. The summed E-state index contributed by atoms with van der Waals surface area (Å²) in [5.74, 6) is -0.165. The van der Waals surface area contributed by atoms with Crippen molar-refractivity contribution in [3.05, 3.63) is 12.2 Å². The van der Waals surface area contributed by atoms with Gasteiger partial charge in [0.2, 0.25) is 0 Å². The minimum absolute atomic E-state index is 0.165. The first kappa shape index (κ1) is 18.7. The summed E-state index contributed by atoms with van der Waals surface area (Å²) >= 11 is 0. The zero-order valence-corrected chi connectivity index (χ0v) is 13.1. The minimum Gasteiger partial charge on any atom is -0.286 e. The zero-order chi connectivity index (χ0) is 14.4. The van der Waals surface area contributed by atoms with Gasteiger partial charge in [0.05, 0.1) is 5.75 Å². The SMILES string of the molecule is CCCCCCCCCCCC=CCCS(=O)(=O)O. The van der Waals surface area contributed by atoms with E-state index in [-0.39, 0.29) is 5.75 Å². The van der Waals surface area contributed by atoms with Gasteiger partial charge in [0.25, 0.3) is 10.1 Å². The van der Waals surface area contributed by atoms with Crippen LogP contribution in [0.3, 0.4) is 0 Å². The van der Waals surface area contributed by atoms with E-state index in [9.17, 15) is 8.42 Å². The van der Waals surface area contributed by atoms with Crippen molar-refractivity contribution in [2.75, 3.05) is 5.75 Å². The number of hydrogen-bond donors (Lipinski definition) is 1. The van der Waals surface area contributed by atoms with Crippen molar-refractivity contribution in [3.8, 4) is 0 Å². The van der Waals surface area contributed by atoms with Gasteiger partial charge < -0.3 is 0 Å². The predicted molar refractivity (Wildman–Crippen MR) is 82.0 cm³/mol. The molecule has 0 bridgehead atoms.